The van der Waals surface area contributed by atoms with Crippen molar-refractivity contribution in [2.45, 2.75) is 25.8 Å². The Kier molecular flexibility index (Phi) is 7.28. The highest BCUT2D eigenvalue weighted by Gasteiger charge is 2.17. The third-order valence-corrected chi connectivity index (χ3v) is 4.38. The molecule has 0 saturated carbocycles. The van der Waals surface area contributed by atoms with Crippen LogP contribution in [0, 0.1) is 11.3 Å². The molecule has 0 bridgehead atoms. The Labute approximate surface area is 174 Å². The van der Waals surface area contributed by atoms with Gasteiger partial charge < -0.3 is 10.2 Å². The van der Waals surface area contributed by atoms with Crippen LogP contribution in [-0.4, -0.2) is 33.1 Å². The van der Waals surface area contributed by atoms with Gasteiger partial charge in [0.15, 0.2) is 5.82 Å². The van der Waals surface area contributed by atoms with Crippen LogP contribution in [0.15, 0.2) is 67.1 Å². The van der Waals surface area contributed by atoms with Crippen molar-refractivity contribution in [3.8, 4) is 6.07 Å². The molecule has 3 rings (SSSR count). The lowest BCUT2D eigenvalue weighted by Gasteiger charge is -2.21. The van der Waals surface area contributed by atoms with E-state index in [9.17, 15) is 9.59 Å². The zero-order chi connectivity index (χ0) is 21.2. The summed E-state index contributed by atoms with van der Waals surface area (Å²) in [6.07, 6.45) is 5.51. The van der Waals surface area contributed by atoms with Crippen molar-refractivity contribution in [2.75, 3.05) is 16.8 Å². The van der Waals surface area contributed by atoms with Crippen LogP contribution >= 0.6 is 0 Å². The van der Waals surface area contributed by atoms with Crippen LogP contribution in [0.5, 0.6) is 0 Å². The number of aromatic nitrogens is 3. The van der Waals surface area contributed by atoms with Crippen molar-refractivity contribution in [3.05, 3.63) is 72.7 Å². The predicted octanol–water partition coefficient (Wildman–Crippen LogP) is 2.99. The largest absolute Gasteiger partial charge is 0.311 e. The van der Waals surface area contributed by atoms with E-state index in [0.717, 1.165) is 5.56 Å². The molecule has 1 N–H and O–H groups in total. The van der Waals surface area contributed by atoms with Crippen molar-refractivity contribution in [1.29, 1.82) is 5.26 Å². The molecule has 0 fully saturated rings. The molecule has 1 aromatic carbocycles. The maximum atomic E-state index is 12.6. The summed E-state index contributed by atoms with van der Waals surface area (Å²) in [5.41, 5.74) is 1.77. The van der Waals surface area contributed by atoms with Gasteiger partial charge in [-0.25, -0.2) is 0 Å². The number of rotatable bonds is 9. The number of hydrogen-bond donors (Lipinski definition) is 1. The molecule has 0 saturated heterocycles. The number of anilines is 2. The van der Waals surface area contributed by atoms with Gasteiger partial charge in [0.2, 0.25) is 11.8 Å². The summed E-state index contributed by atoms with van der Waals surface area (Å²) in [5.74, 6) is -0.0495. The maximum absolute atomic E-state index is 12.6. The average Bonchev–Trinajstić information content (AvgIpc) is 3.20. The molecule has 0 unspecified atom stereocenters. The maximum Gasteiger partial charge on any atom is 0.227 e. The second-order valence-corrected chi connectivity index (χ2v) is 6.59. The molecule has 30 heavy (non-hydrogen) atoms. The van der Waals surface area contributed by atoms with Crippen molar-refractivity contribution < 1.29 is 9.59 Å². The van der Waals surface area contributed by atoms with Gasteiger partial charge in [-0.2, -0.15) is 10.4 Å². The molecular weight excluding hydrogens is 380 g/mol. The molecule has 0 aliphatic heterocycles. The second-order valence-electron chi connectivity index (χ2n) is 6.59. The number of amides is 2. The lowest BCUT2D eigenvalue weighted by atomic mass is 10.2. The smallest absolute Gasteiger partial charge is 0.227 e. The summed E-state index contributed by atoms with van der Waals surface area (Å²) < 4.78 is 1.72. The molecule has 0 aliphatic rings. The Morgan fingerprint density at radius 3 is 2.57 bits per heavy atom. The number of nitriles is 1. The van der Waals surface area contributed by atoms with Gasteiger partial charge in [-0.05, 0) is 29.8 Å². The number of nitrogens with one attached hydrogen (secondary N) is 1. The Bertz CT molecular complexity index is 1010. The van der Waals surface area contributed by atoms with E-state index in [-0.39, 0.29) is 31.1 Å². The van der Waals surface area contributed by atoms with Gasteiger partial charge in [0.1, 0.15) is 0 Å². The summed E-state index contributed by atoms with van der Waals surface area (Å²) in [4.78, 5) is 30.4. The van der Waals surface area contributed by atoms with Crippen LogP contribution in [0.25, 0.3) is 0 Å². The molecule has 0 spiro atoms. The number of carbonyl (C=O) groups excluding carboxylic acids is 2. The zero-order valence-electron chi connectivity index (χ0n) is 16.4. The van der Waals surface area contributed by atoms with Crippen LogP contribution < -0.4 is 10.2 Å². The van der Waals surface area contributed by atoms with Crippen LogP contribution in [0.1, 0.15) is 24.8 Å². The highest BCUT2D eigenvalue weighted by atomic mass is 16.2. The van der Waals surface area contributed by atoms with Gasteiger partial charge in [-0.15, -0.1) is 0 Å². The fourth-order valence-corrected chi connectivity index (χ4v) is 2.92. The fraction of sp³-hybridized carbons (Fsp3) is 0.227. The average molecular weight is 402 g/mol. The predicted molar refractivity (Wildman–Crippen MR) is 112 cm³/mol. The first-order valence-electron chi connectivity index (χ1n) is 9.60. The first-order chi connectivity index (χ1) is 14.7. The summed E-state index contributed by atoms with van der Waals surface area (Å²) in [5, 5.41) is 15.9. The first kappa shape index (κ1) is 20.7. The summed E-state index contributed by atoms with van der Waals surface area (Å²) in [6, 6.07) is 16.7. The molecule has 0 atom stereocenters. The number of nitrogens with zero attached hydrogens (tertiary/aromatic N) is 5. The van der Waals surface area contributed by atoms with Gasteiger partial charge >= 0.3 is 0 Å². The molecule has 2 amide bonds. The third kappa shape index (κ3) is 6.01. The van der Waals surface area contributed by atoms with Gasteiger partial charge in [-0.1, -0.05) is 18.2 Å². The Morgan fingerprint density at radius 2 is 1.83 bits per heavy atom. The molecule has 3 aromatic rings. The van der Waals surface area contributed by atoms with E-state index in [1.165, 1.54) is 0 Å². The molecule has 152 valence electrons. The van der Waals surface area contributed by atoms with Crippen LogP contribution in [0.2, 0.25) is 0 Å². The quantitative estimate of drug-likeness (QED) is 0.592. The topological polar surface area (TPSA) is 104 Å². The van der Waals surface area contributed by atoms with E-state index in [1.807, 2.05) is 42.5 Å². The molecule has 0 aliphatic carbocycles. The molecule has 8 nitrogen and oxygen atoms in total. The lowest BCUT2D eigenvalue weighted by molar-refractivity contribution is -0.122. The SMILES string of the molecule is N#CCCN(C(=O)CCC(=O)Nc1ccn(Cc2ccncc2)n1)c1ccccc1. The summed E-state index contributed by atoms with van der Waals surface area (Å²) >= 11 is 0. The highest BCUT2D eigenvalue weighted by molar-refractivity contribution is 5.97. The van der Waals surface area contributed by atoms with Crippen molar-refractivity contribution in [1.82, 2.24) is 14.8 Å². The number of pyridine rings is 1. The van der Waals surface area contributed by atoms with E-state index in [0.29, 0.717) is 24.6 Å². The van der Waals surface area contributed by atoms with Crippen molar-refractivity contribution in [2.24, 2.45) is 0 Å². The minimum absolute atomic E-state index is 0.0337. The monoisotopic (exact) mass is 402 g/mol. The lowest BCUT2D eigenvalue weighted by Crippen LogP contribution is -2.32. The molecule has 0 radical (unpaired) electrons. The van der Waals surface area contributed by atoms with Crippen molar-refractivity contribution >= 4 is 23.3 Å². The van der Waals surface area contributed by atoms with E-state index in [1.54, 1.807) is 34.2 Å². The third-order valence-electron chi connectivity index (χ3n) is 4.38. The summed E-state index contributed by atoms with van der Waals surface area (Å²) in [7, 11) is 0. The van der Waals surface area contributed by atoms with E-state index in [2.05, 4.69) is 21.5 Å². The van der Waals surface area contributed by atoms with Crippen LogP contribution in [0.4, 0.5) is 11.5 Å². The normalized spacial score (nSPS) is 10.2. The van der Waals surface area contributed by atoms with Crippen LogP contribution in [0.3, 0.4) is 0 Å². The molecule has 2 heterocycles. The highest BCUT2D eigenvalue weighted by Crippen LogP contribution is 2.16. The molecule has 8 heteroatoms. The van der Waals surface area contributed by atoms with Gasteiger partial charge in [-0.3, -0.25) is 19.3 Å². The number of para-hydroxylation sites is 1. The molecule has 2 aromatic heterocycles. The summed E-state index contributed by atoms with van der Waals surface area (Å²) in [6.45, 7) is 0.863. The van der Waals surface area contributed by atoms with Gasteiger partial charge in [0.25, 0.3) is 0 Å². The van der Waals surface area contributed by atoms with E-state index >= 15 is 0 Å². The zero-order valence-corrected chi connectivity index (χ0v) is 16.4. The van der Waals surface area contributed by atoms with Crippen molar-refractivity contribution in [3.63, 3.8) is 0 Å². The van der Waals surface area contributed by atoms with E-state index in [4.69, 9.17) is 5.26 Å². The Morgan fingerprint density at radius 1 is 1.07 bits per heavy atom. The second kappa shape index (κ2) is 10.5. The van der Waals surface area contributed by atoms with Gasteiger partial charge in [0.05, 0.1) is 19.0 Å². The van der Waals surface area contributed by atoms with E-state index < -0.39 is 0 Å². The minimum atomic E-state index is -0.286. The number of hydrogen-bond acceptors (Lipinski definition) is 5. The Balaban J connectivity index is 1.52. The van der Waals surface area contributed by atoms with Crippen LogP contribution in [-0.2, 0) is 16.1 Å². The number of benzene rings is 1. The Hall–Kier alpha value is -3.99. The number of carbonyl (C=O) groups is 2. The minimum Gasteiger partial charge on any atom is -0.311 e. The first-order valence-corrected chi connectivity index (χ1v) is 9.60. The standard InChI is InChI=1S/C22H22N6O2/c23-12-4-15-28(19-5-2-1-3-6-19)22(30)8-7-21(29)25-20-11-16-27(26-20)17-18-9-13-24-14-10-18/h1-3,5-6,9-11,13-14,16H,4,7-8,15,17H2,(H,25,26,29). The fourth-order valence-electron chi connectivity index (χ4n) is 2.92. The van der Waals surface area contributed by atoms with Gasteiger partial charge in [0, 0.05) is 49.7 Å². The molecular formula is C22H22N6O2.